The second kappa shape index (κ2) is 11.4. The maximum Gasteiger partial charge on any atom is 0.269 e. The predicted molar refractivity (Wildman–Crippen MR) is 118 cm³/mol. The number of methoxy groups -OCH3 is 2. The largest absolute Gasteiger partial charge is 0.494 e. The summed E-state index contributed by atoms with van der Waals surface area (Å²) in [4.78, 5) is 24.2. The molecule has 0 spiro atoms. The molecule has 2 rings (SSSR count). The van der Waals surface area contributed by atoms with Crippen LogP contribution >= 0.6 is 12.2 Å². The van der Waals surface area contributed by atoms with Crippen LogP contribution in [0.3, 0.4) is 0 Å². The van der Waals surface area contributed by atoms with Crippen LogP contribution in [0.1, 0.15) is 22.8 Å². The first-order chi connectivity index (χ1) is 14.5. The molecule has 0 radical (unpaired) electrons. The summed E-state index contributed by atoms with van der Waals surface area (Å²) in [6.07, 6.45) is 2.97. The van der Waals surface area contributed by atoms with Gasteiger partial charge in [0.1, 0.15) is 5.75 Å². The number of benzene rings is 2. The first-order valence-electron chi connectivity index (χ1n) is 9.01. The number of hydrogen-bond donors (Lipinski definition) is 3. The quantitative estimate of drug-likeness (QED) is 0.353. The minimum absolute atomic E-state index is 0.0508. The van der Waals surface area contributed by atoms with E-state index in [4.69, 9.17) is 26.4 Å². The Labute approximate surface area is 180 Å². The van der Waals surface area contributed by atoms with Gasteiger partial charge in [-0.05, 0) is 61.1 Å². The van der Waals surface area contributed by atoms with Crippen molar-refractivity contribution >= 4 is 35.2 Å². The van der Waals surface area contributed by atoms with E-state index in [1.165, 1.54) is 26.4 Å². The van der Waals surface area contributed by atoms with Gasteiger partial charge in [-0.25, -0.2) is 0 Å². The molecule has 158 valence electrons. The zero-order valence-corrected chi connectivity index (χ0v) is 17.7. The van der Waals surface area contributed by atoms with E-state index >= 15 is 0 Å². The smallest absolute Gasteiger partial charge is 0.269 e. The molecule has 0 fully saturated rings. The van der Waals surface area contributed by atoms with Gasteiger partial charge in [0.25, 0.3) is 5.91 Å². The topological polar surface area (TPSA) is 97.9 Å². The first kappa shape index (κ1) is 22.7. The van der Waals surface area contributed by atoms with Gasteiger partial charge < -0.3 is 14.2 Å². The van der Waals surface area contributed by atoms with Crippen molar-refractivity contribution in [2.24, 2.45) is 0 Å². The molecule has 0 bridgehead atoms. The number of carbonyl (C=O) groups excluding carboxylic acids is 2. The lowest BCUT2D eigenvalue weighted by Crippen LogP contribution is -2.48. The van der Waals surface area contributed by atoms with Crippen LogP contribution in [0.4, 0.5) is 0 Å². The summed E-state index contributed by atoms with van der Waals surface area (Å²) in [5.41, 5.74) is 6.03. The van der Waals surface area contributed by atoms with Gasteiger partial charge in [-0.1, -0.05) is 12.1 Å². The van der Waals surface area contributed by atoms with E-state index in [2.05, 4.69) is 16.2 Å². The van der Waals surface area contributed by atoms with E-state index in [1.807, 2.05) is 31.2 Å². The third kappa shape index (κ3) is 6.78. The summed E-state index contributed by atoms with van der Waals surface area (Å²) in [5.74, 6) is 0.776. The molecular formula is C21H23N3O5S. The summed E-state index contributed by atoms with van der Waals surface area (Å²) >= 11 is 5.01. The standard InChI is InChI=1S/C21H23N3O5S/c1-4-29-16-9-5-14(6-10-16)7-12-19(25)22-21(30)24-23-20(26)15-8-11-17(27-2)18(13-15)28-3/h5-13H,4H2,1-3H3,(H,23,26)(H2,22,24,25,30)/b12-7+. The molecule has 0 unspecified atom stereocenters. The van der Waals surface area contributed by atoms with Crippen molar-refractivity contribution in [1.29, 1.82) is 0 Å². The number of thiocarbonyl (C=S) groups is 1. The lowest BCUT2D eigenvalue weighted by Gasteiger charge is -2.11. The number of hydrazine groups is 1. The second-order valence-corrected chi connectivity index (χ2v) is 6.21. The molecule has 0 aromatic heterocycles. The molecule has 2 aromatic carbocycles. The monoisotopic (exact) mass is 429 g/mol. The van der Waals surface area contributed by atoms with Crippen molar-refractivity contribution in [3.8, 4) is 17.2 Å². The molecular weight excluding hydrogens is 406 g/mol. The molecule has 0 aliphatic heterocycles. The molecule has 0 saturated carbocycles. The van der Waals surface area contributed by atoms with Crippen molar-refractivity contribution in [2.45, 2.75) is 6.92 Å². The summed E-state index contributed by atoms with van der Waals surface area (Å²) in [7, 11) is 2.98. The van der Waals surface area contributed by atoms with E-state index < -0.39 is 11.8 Å². The van der Waals surface area contributed by atoms with Crippen LogP contribution in [0.5, 0.6) is 17.2 Å². The highest BCUT2D eigenvalue weighted by Gasteiger charge is 2.11. The van der Waals surface area contributed by atoms with Crippen LogP contribution in [0.25, 0.3) is 6.08 Å². The van der Waals surface area contributed by atoms with Crippen molar-refractivity contribution in [3.05, 3.63) is 59.7 Å². The Bertz CT molecular complexity index is 929. The Hall–Kier alpha value is -3.59. The fraction of sp³-hybridized carbons (Fsp3) is 0.190. The van der Waals surface area contributed by atoms with E-state index in [0.717, 1.165) is 11.3 Å². The third-order valence-electron chi connectivity index (χ3n) is 3.79. The van der Waals surface area contributed by atoms with E-state index in [-0.39, 0.29) is 5.11 Å². The van der Waals surface area contributed by atoms with E-state index in [9.17, 15) is 9.59 Å². The number of rotatable bonds is 7. The van der Waals surface area contributed by atoms with Crippen LogP contribution < -0.4 is 30.4 Å². The zero-order chi connectivity index (χ0) is 21.9. The second-order valence-electron chi connectivity index (χ2n) is 5.80. The normalized spacial score (nSPS) is 10.2. The molecule has 2 amide bonds. The Balaban J connectivity index is 1.83. The molecule has 8 nitrogen and oxygen atoms in total. The minimum atomic E-state index is -0.461. The third-order valence-corrected chi connectivity index (χ3v) is 3.99. The van der Waals surface area contributed by atoms with E-state index in [0.29, 0.717) is 23.7 Å². The minimum Gasteiger partial charge on any atom is -0.494 e. The molecule has 0 saturated heterocycles. The highest BCUT2D eigenvalue weighted by molar-refractivity contribution is 7.80. The van der Waals surface area contributed by atoms with Crippen LogP contribution in [-0.2, 0) is 4.79 Å². The number of amides is 2. The lowest BCUT2D eigenvalue weighted by molar-refractivity contribution is -0.115. The van der Waals surface area contributed by atoms with Crippen LogP contribution in [0.2, 0.25) is 0 Å². The Morgan fingerprint density at radius 1 is 1.00 bits per heavy atom. The molecule has 30 heavy (non-hydrogen) atoms. The van der Waals surface area contributed by atoms with Crippen molar-refractivity contribution < 1.29 is 23.8 Å². The zero-order valence-electron chi connectivity index (χ0n) is 16.9. The van der Waals surface area contributed by atoms with Crippen LogP contribution in [-0.4, -0.2) is 37.8 Å². The summed E-state index contributed by atoms with van der Waals surface area (Å²) in [6.45, 7) is 2.50. The van der Waals surface area contributed by atoms with Gasteiger partial charge in [-0.15, -0.1) is 0 Å². The predicted octanol–water partition coefficient (Wildman–Crippen LogP) is 2.45. The molecule has 0 heterocycles. The highest BCUT2D eigenvalue weighted by Crippen LogP contribution is 2.27. The van der Waals surface area contributed by atoms with E-state index in [1.54, 1.807) is 18.2 Å². The molecule has 9 heteroatoms. The number of hydrogen-bond acceptors (Lipinski definition) is 6. The van der Waals surface area contributed by atoms with Gasteiger partial charge in [0.05, 0.1) is 20.8 Å². The average molecular weight is 429 g/mol. The van der Waals surface area contributed by atoms with Crippen molar-refractivity contribution in [1.82, 2.24) is 16.2 Å². The average Bonchev–Trinajstić information content (AvgIpc) is 2.76. The van der Waals surface area contributed by atoms with Gasteiger partial charge in [0, 0.05) is 11.6 Å². The Morgan fingerprint density at radius 2 is 1.70 bits per heavy atom. The van der Waals surface area contributed by atoms with Gasteiger partial charge >= 0.3 is 0 Å². The fourth-order valence-corrected chi connectivity index (χ4v) is 2.51. The van der Waals surface area contributed by atoms with Crippen LogP contribution in [0.15, 0.2) is 48.5 Å². The summed E-state index contributed by atoms with van der Waals surface area (Å²) < 4.78 is 15.7. The lowest BCUT2D eigenvalue weighted by atomic mass is 10.2. The fourth-order valence-electron chi connectivity index (χ4n) is 2.36. The number of nitrogens with one attached hydrogen (secondary N) is 3. The number of carbonyl (C=O) groups is 2. The molecule has 0 aliphatic carbocycles. The maximum absolute atomic E-state index is 12.2. The molecule has 3 N–H and O–H groups in total. The van der Waals surface area contributed by atoms with Crippen molar-refractivity contribution in [2.75, 3.05) is 20.8 Å². The summed E-state index contributed by atoms with van der Waals surface area (Å²) in [6, 6.07) is 12.0. The van der Waals surface area contributed by atoms with Gasteiger partial charge in [-0.3, -0.25) is 25.8 Å². The Morgan fingerprint density at radius 3 is 2.33 bits per heavy atom. The van der Waals surface area contributed by atoms with Gasteiger partial charge in [0.15, 0.2) is 16.6 Å². The molecule has 2 aromatic rings. The summed E-state index contributed by atoms with van der Waals surface area (Å²) in [5, 5.41) is 2.39. The molecule has 0 atom stereocenters. The van der Waals surface area contributed by atoms with Crippen LogP contribution in [0, 0.1) is 0 Å². The maximum atomic E-state index is 12.2. The molecule has 0 aliphatic rings. The van der Waals surface area contributed by atoms with Crippen molar-refractivity contribution in [3.63, 3.8) is 0 Å². The Kier molecular flexibility index (Phi) is 8.64. The SMILES string of the molecule is CCOc1ccc(/C=C/C(=O)NC(=S)NNC(=O)c2ccc(OC)c(OC)c2)cc1. The van der Waals surface area contributed by atoms with Gasteiger partial charge in [-0.2, -0.15) is 0 Å². The first-order valence-corrected chi connectivity index (χ1v) is 9.42. The highest BCUT2D eigenvalue weighted by atomic mass is 32.1. The number of ether oxygens (including phenoxy) is 3. The van der Waals surface area contributed by atoms with Gasteiger partial charge in [0.2, 0.25) is 5.91 Å².